The Labute approximate surface area is 176 Å². The van der Waals surface area contributed by atoms with Crippen molar-refractivity contribution >= 4 is 22.4 Å². The molecular formula is C21H12F6N4O. The summed E-state index contributed by atoms with van der Waals surface area (Å²) in [6, 6.07) is 12.0. The molecule has 11 heteroatoms. The zero-order valence-electron chi connectivity index (χ0n) is 15.9. The van der Waals surface area contributed by atoms with Crippen LogP contribution in [0.2, 0.25) is 0 Å². The van der Waals surface area contributed by atoms with Crippen LogP contribution in [0.5, 0.6) is 0 Å². The van der Waals surface area contributed by atoms with E-state index in [9.17, 15) is 31.1 Å². The number of fused-ring (bicyclic) bond motifs is 1. The predicted octanol–water partition coefficient (Wildman–Crippen LogP) is 5.71. The van der Waals surface area contributed by atoms with Crippen molar-refractivity contribution in [3.05, 3.63) is 83.9 Å². The molecule has 0 saturated heterocycles. The predicted molar refractivity (Wildman–Crippen MR) is 103 cm³/mol. The molecule has 0 atom stereocenters. The maximum absolute atomic E-state index is 13.9. The van der Waals surface area contributed by atoms with Crippen LogP contribution in [-0.4, -0.2) is 20.7 Å². The quantitative estimate of drug-likeness (QED) is 0.407. The lowest BCUT2D eigenvalue weighted by Gasteiger charge is -2.14. The minimum atomic E-state index is -4.98. The van der Waals surface area contributed by atoms with E-state index in [1.165, 1.54) is 6.07 Å². The maximum atomic E-state index is 13.9. The first-order chi connectivity index (χ1) is 15.1. The number of alkyl halides is 6. The number of hydrogen-bond donors (Lipinski definition) is 1. The summed E-state index contributed by atoms with van der Waals surface area (Å²) < 4.78 is 81.0. The Bertz CT molecular complexity index is 1300. The van der Waals surface area contributed by atoms with Gasteiger partial charge in [0.25, 0.3) is 5.91 Å². The zero-order chi connectivity index (χ0) is 23.1. The summed E-state index contributed by atoms with van der Waals surface area (Å²) in [5.74, 6) is -1.27. The summed E-state index contributed by atoms with van der Waals surface area (Å²) in [6.45, 7) is 0. The molecular weight excluding hydrogens is 438 g/mol. The molecule has 0 saturated carbocycles. The molecule has 2 aromatic carbocycles. The number of anilines is 1. The van der Waals surface area contributed by atoms with Crippen LogP contribution in [0.25, 0.3) is 16.5 Å². The minimum Gasteiger partial charge on any atom is -0.320 e. The van der Waals surface area contributed by atoms with Crippen LogP contribution in [0.15, 0.2) is 67.1 Å². The van der Waals surface area contributed by atoms with Crippen molar-refractivity contribution in [1.82, 2.24) is 14.8 Å². The summed E-state index contributed by atoms with van der Waals surface area (Å²) in [7, 11) is 0. The third-order valence-electron chi connectivity index (χ3n) is 4.60. The van der Waals surface area contributed by atoms with Crippen LogP contribution < -0.4 is 5.32 Å². The Morgan fingerprint density at radius 2 is 1.59 bits per heavy atom. The Balaban J connectivity index is 1.78. The number of halogens is 6. The number of carbonyl (C=O) groups is 1. The first kappa shape index (κ1) is 21.3. The minimum absolute atomic E-state index is 0.0928. The first-order valence-electron chi connectivity index (χ1n) is 9.02. The second-order valence-corrected chi connectivity index (χ2v) is 6.73. The highest BCUT2D eigenvalue weighted by molar-refractivity contribution is 6.05. The summed E-state index contributed by atoms with van der Waals surface area (Å²) >= 11 is 0. The van der Waals surface area contributed by atoms with E-state index in [-0.39, 0.29) is 5.69 Å². The molecule has 2 heterocycles. The summed E-state index contributed by atoms with van der Waals surface area (Å²) in [5, 5.41) is 6.92. The van der Waals surface area contributed by atoms with Gasteiger partial charge in [-0.25, -0.2) is 4.68 Å². The highest BCUT2D eigenvalue weighted by atomic mass is 19.4. The topological polar surface area (TPSA) is 59.8 Å². The summed E-state index contributed by atoms with van der Waals surface area (Å²) in [6.07, 6.45) is -7.55. The Hall–Kier alpha value is -3.89. The number of benzene rings is 2. The van der Waals surface area contributed by atoms with Crippen LogP contribution in [0, 0.1) is 0 Å². The molecule has 0 spiro atoms. The standard InChI is InChI=1S/C21H12F6N4O/c22-20(23,24)13-8-14(10-28-9-13)30-19(32)16-11-29-31(18(16)21(25,26)27)17-7-3-5-12-4-1-2-6-15(12)17/h1-11H,(H,30,32). The van der Waals surface area contributed by atoms with Gasteiger partial charge in [-0.05, 0) is 17.5 Å². The van der Waals surface area contributed by atoms with Crippen molar-refractivity contribution in [2.24, 2.45) is 0 Å². The Morgan fingerprint density at radius 1 is 0.875 bits per heavy atom. The van der Waals surface area contributed by atoms with E-state index >= 15 is 0 Å². The number of nitrogens with one attached hydrogen (secondary N) is 1. The number of hydrogen-bond acceptors (Lipinski definition) is 3. The summed E-state index contributed by atoms with van der Waals surface area (Å²) in [5.41, 5.74) is -3.67. The average Bonchev–Trinajstić information content (AvgIpc) is 3.19. The fourth-order valence-electron chi connectivity index (χ4n) is 3.22. The fourth-order valence-corrected chi connectivity index (χ4v) is 3.22. The molecule has 164 valence electrons. The van der Waals surface area contributed by atoms with Gasteiger partial charge in [-0.15, -0.1) is 0 Å². The van der Waals surface area contributed by atoms with Crippen molar-refractivity contribution in [2.75, 3.05) is 5.32 Å². The van der Waals surface area contributed by atoms with E-state index in [0.717, 1.165) is 12.4 Å². The number of pyridine rings is 1. The van der Waals surface area contributed by atoms with Crippen LogP contribution >= 0.6 is 0 Å². The van der Waals surface area contributed by atoms with Gasteiger partial charge in [0.05, 0.1) is 34.9 Å². The van der Waals surface area contributed by atoms with Crippen molar-refractivity contribution in [3.63, 3.8) is 0 Å². The largest absolute Gasteiger partial charge is 0.434 e. The van der Waals surface area contributed by atoms with Crippen molar-refractivity contribution in [3.8, 4) is 5.69 Å². The molecule has 1 amide bonds. The lowest BCUT2D eigenvalue weighted by atomic mass is 10.1. The van der Waals surface area contributed by atoms with Crippen LogP contribution in [0.1, 0.15) is 21.6 Å². The Kier molecular flexibility index (Phi) is 5.11. The molecule has 0 aliphatic carbocycles. The monoisotopic (exact) mass is 450 g/mol. The zero-order valence-corrected chi connectivity index (χ0v) is 15.9. The van der Waals surface area contributed by atoms with Gasteiger partial charge in [0, 0.05) is 11.6 Å². The molecule has 0 aliphatic heterocycles. The first-order valence-corrected chi connectivity index (χ1v) is 9.02. The van der Waals surface area contributed by atoms with Crippen molar-refractivity contribution in [1.29, 1.82) is 0 Å². The van der Waals surface area contributed by atoms with Gasteiger partial charge in [-0.1, -0.05) is 36.4 Å². The lowest BCUT2D eigenvalue weighted by molar-refractivity contribution is -0.143. The number of nitrogens with zero attached hydrogens (tertiary/aromatic N) is 3. The van der Waals surface area contributed by atoms with Gasteiger partial charge < -0.3 is 5.32 Å². The molecule has 0 fully saturated rings. The second kappa shape index (κ2) is 7.66. The third-order valence-corrected chi connectivity index (χ3v) is 4.60. The third kappa shape index (κ3) is 4.01. The molecule has 4 rings (SSSR count). The summed E-state index contributed by atoms with van der Waals surface area (Å²) in [4.78, 5) is 16.0. The van der Waals surface area contributed by atoms with Gasteiger partial charge in [-0.3, -0.25) is 9.78 Å². The molecule has 0 aliphatic rings. The average molecular weight is 450 g/mol. The van der Waals surface area contributed by atoms with E-state index in [0.29, 0.717) is 27.7 Å². The second-order valence-electron chi connectivity index (χ2n) is 6.73. The molecule has 1 N–H and O–H groups in total. The molecule has 0 unspecified atom stereocenters. The van der Waals surface area contributed by atoms with Crippen LogP contribution in [-0.2, 0) is 12.4 Å². The van der Waals surface area contributed by atoms with Gasteiger partial charge >= 0.3 is 12.4 Å². The molecule has 4 aromatic rings. The highest BCUT2D eigenvalue weighted by Crippen LogP contribution is 2.36. The molecule has 0 bridgehead atoms. The number of amides is 1. The lowest BCUT2D eigenvalue weighted by Crippen LogP contribution is -2.21. The van der Waals surface area contributed by atoms with Gasteiger partial charge in [0.2, 0.25) is 0 Å². The normalized spacial score (nSPS) is 12.2. The van der Waals surface area contributed by atoms with E-state index in [4.69, 9.17) is 0 Å². The van der Waals surface area contributed by atoms with Crippen LogP contribution in [0.3, 0.4) is 0 Å². The van der Waals surface area contributed by atoms with Gasteiger partial charge in [0.15, 0.2) is 5.69 Å². The maximum Gasteiger partial charge on any atom is 0.434 e. The smallest absolute Gasteiger partial charge is 0.320 e. The van der Waals surface area contributed by atoms with E-state index in [2.05, 4.69) is 10.1 Å². The van der Waals surface area contributed by atoms with Crippen molar-refractivity contribution < 1.29 is 31.1 Å². The molecule has 0 radical (unpaired) electrons. The SMILES string of the molecule is O=C(Nc1cncc(C(F)(F)F)c1)c1cnn(-c2cccc3ccccc23)c1C(F)(F)F. The van der Waals surface area contributed by atoms with E-state index < -0.39 is 40.8 Å². The molecule has 2 aromatic heterocycles. The Morgan fingerprint density at radius 3 is 2.31 bits per heavy atom. The van der Waals surface area contributed by atoms with E-state index in [1.807, 2.05) is 5.32 Å². The fraction of sp³-hybridized carbons (Fsp3) is 0.0952. The highest BCUT2D eigenvalue weighted by Gasteiger charge is 2.41. The van der Waals surface area contributed by atoms with Gasteiger partial charge in [0.1, 0.15) is 0 Å². The van der Waals surface area contributed by atoms with Crippen LogP contribution in [0.4, 0.5) is 32.0 Å². The van der Waals surface area contributed by atoms with E-state index in [1.54, 1.807) is 36.4 Å². The van der Waals surface area contributed by atoms with Gasteiger partial charge in [-0.2, -0.15) is 31.4 Å². The number of carbonyl (C=O) groups excluding carboxylic acids is 1. The molecule has 5 nitrogen and oxygen atoms in total. The number of aromatic nitrogens is 3. The van der Waals surface area contributed by atoms with Crippen molar-refractivity contribution in [2.45, 2.75) is 12.4 Å². The molecule has 32 heavy (non-hydrogen) atoms. The number of rotatable bonds is 3.